The van der Waals surface area contributed by atoms with E-state index in [9.17, 15) is 26.7 Å². The van der Waals surface area contributed by atoms with Gasteiger partial charge in [-0.05, 0) is 35.9 Å². The molecule has 3 rings (SSSR count). The third-order valence-corrected chi connectivity index (χ3v) is 4.28. The fourth-order valence-corrected chi connectivity index (χ4v) is 2.88. The van der Waals surface area contributed by atoms with Crippen molar-refractivity contribution in [1.82, 2.24) is 4.90 Å². The van der Waals surface area contributed by atoms with Crippen LogP contribution in [0, 0.1) is 11.6 Å². The lowest BCUT2D eigenvalue weighted by Crippen LogP contribution is -2.47. The summed E-state index contributed by atoms with van der Waals surface area (Å²) in [6.07, 6.45) is -2.77. The molecule has 0 radical (unpaired) electrons. The quantitative estimate of drug-likeness (QED) is 0.497. The van der Waals surface area contributed by atoms with Crippen molar-refractivity contribution in [2.45, 2.75) is 12.5 Å². The van der Waals surface area contributed by atoms with Crippen molar-refractivity contribution in [3.63, 3.8) is 0 Å². The van der Waals surface area contributed by atoms with E-state index >= 15 is 0 Å². The SMILES string of the molecule is O=C(C=Cc1cccc(OC(F)(F)F)c1)N1CCOC(COc2cc(F)ccc2F)C1. The fourth-order valence-electron chi connectivity index (χ4n) is 2.88. The molecule has 1 aliphatic heterocycles. The van der Waals surface area contributed by atoms with Crippen LogP contribution in [0.25, 0.3) is 6.08 Å². The third-order valence-electron chi connectivity index (χ3n) is 4.28. The lowest BCUT2D eigenvalue weighted by Gasteiger charge is -2.32. The zero-order valence-electron chi connectivity index (χ0n) is 16.1. The van der Waals surface area contributed by atoms with E-state index < -0.39 is 29.9 Å². The van der Waals surface area contributed by atoms with Crippen molar-refractivity contribution >= 4 is 12.0 Å². The van der Waals surface area contributed by atoms with Crippen LogP contribution in [0.3, 0.4) is 0 Å². The Morgan fingerprint density at radius 3 is 2.77 bits per heavy atom. The highest BCUT2D eigenvalue weighted by Gasteiger charge is 2.31. The van der Waals surface area contributed by atoms with Crippen molar-refractivity contribution in [1.29, 1.82) is 0 Å². The van der Waals surface area contributed by atoms with Gasteiger partial charge in [0.2, 0.25) is 5.91 Å². The molecule has 1 fully saturated rings. The molecule has 0 bridgehead atoms. The van der Waals surface area contributed by atoms with Gasteiger partial charge in [0, 0.05) is 18.7 Å². The van der Waals surface area contributed by atoms with E-state index in [-0.39, 0.29) is 31.4 Å². The molecule has 166 valence electrons. The number of nitrogens with zero attached hydrogens (tertiary/aromatic N) is 1. The summed E-state index contributed by atoms with van der Waals surface area (Å²) in [6.45, 7) is 0.571. The molecule has 0 aromatic heterocycles. The number of alkyl halides is 3. The molecule has 0 N–H and O–H groups in total. The van der Waals surface area contributed by atoms with Crippen LogP contribution in [0.1, 0.15) is 5.56 Å². The van der Waals surface area contributed by atoms with E-state index in [1.807, 2.05) is 0 Å². The fraction of sp³-hybridized carbons (Fsp3) is 0.286. The van der Waals surface area contributed by atoms with Crippen molar-refractivity contribution in [3.8, 4) is 11.5 Å². The summed E-state index contributed by atoms with van der Waals surface area (Å²) < 4.78 is 78.4. The van der Waals surface area contributed by atoms with Crippen molar-refractivity contribution in [2.75, 3.05) is 26.3 Å². The minimum Gasteiger partial charge on any atom is -0.488 e. The number of hydrogen-bond donors (Lipinski definition) is 0. The van der Waals surface area contributed by atoms with Crippen LogP contribution >= 0.6 is 0 Å². The zero-order valence-corrected chi connectivity index (χ0v) is 16.1. The number of carbonyl (C=O) groups excluding carboxylic acids is 1. The molecule has 31 heavy (non-hydrogen) atoms. The van der Waals surface area contributed by atoms with Gasteiger partial charge in [0.05, 0.1) is 13.2 Å². The number of ether oxygens (including phenoxy) is 3. The summed E-state index contributed by atoms with van der Waals surface area (Å²) >= 11 is 0. The molecular weight excluding hydrogens is 425 g/mol. The Morgan fingerprint density at radius 2 is 2.00 bits per heavy atom. The molecule has 5 nitrogen and oxygen atoms in total. The second-order valence-corrected chi connectivity index (χ2v) is 6.62. The van der Waals surface area contributed by atoms with Gasteiger partial charge in [-0.15, -0.1) is 13.2 Å². The monoisotopic (exact) mass is 443 g/mol. The van der Waals surface area contributed by atoms with Gasteiger partial charge in [0.15, 0.2) is 11.6 Å². The Bertz CT molecular complexity index is 948. The van der Waals surface area contributed by atoms with Crippen molar-refractivity contribution in [3.05, 3.63) is 65.7 Å². The summed E-state index contributed by atoms with van der Waals surface area (Å²) in [7, 11) is 0. The minimum absolute atomic E-state index is 0.0926. The Hall–Kier alpha value is -3.14. The second-order valence-electron chi connectivity index (χ2n) is 6.62. The molecule has 1 atom stereocenters. The maximum absolute atomic E-state index is 13.6. The zero-order chi connectivity index (χ0) is 22.4. The Labute approximate surface area is 174 Å². The highest BCUT2D eigenvalue weighted by Crippen LogP contribution is 2.24. The highest BCUT2D eigenvalue weighted by atomic mass is 19.4. The molecule has 1 saturated heterocycles. The number of rotatable bonds is 6. The smallest absolute Gasteiger partial charge is 0.488 e. The molecule has 1 aliphatic rings. The summed E-state index contributed by atoms with van der Waals surface area (Å²) in [5.41, 5.74) is 0.352. The van der Waals surface area contributed by atoms with Gasteiger partial charge < -0.3 is 19.1 Å². The molecule has 0 aliphatic carbocycles. The first-order valence-electron chi connectivity index (χ1n) is 9.22. The summed E-state index contributed by atoms with van der Waals surface area (Å²) in [6, 6.07) is 8.04. The van der Waals surface area contributed by atoms with Crippen LogP contribution in [0.4, 0.5) is 22.0 Å². The largest absolute Gasteiger partial charge is 0.573 e. The van der Waals surface area contributed by atoms with Crippen molar-refractivity contribution in [2.24, 2.45) is 0 Å². The van der Waals surface area contributed by atoms with Crippen LogP contribution in [-0.2, 0) is 9.53 Å². The first-order valence-corrected chi connectivity index (χ1v) is 9.22. The molecule has 2 aromatic carbocycles. The number of morpholine rings is 1. The van der Waals surface area contributed by atoms with E-state index in [4.69, 9.17) is 9.47 Å². The van der Waals surface area contributed by atoms with E-state index in [1.165, 1.54) is 29.2 Å². The van der Waals surface area contributed by atoms with Crippen LogP contribution in [-0.4, -0.2) is 49.6 Å². The second kappa shape index (κ2) is 9.78. The predicted octanol–water partition coefficient (Wildman–Crippen LogP) is 4.18. The lowest BCUT2D eigenvalue weighted by atomic mass is 10.2. The van der Waals surface area contributed by atoms with E-state index in [0.29, 0.717) is 12.1 Å². The maximum Gasteiger partial charge on any atom is 0.573 e. The summed E-state index contributed by atoms with van der Waals surface area (Å²) in [5, 5.41) is 0. The standard InChI is InChI=1S/C21H18F5NO4/c22-15-5-6-18(23)19(11-15)30-13-17-12-27(8-9-29-17)20(28)7-4-14-2-1-3-16(10-14)31-21(24,25)26/h1-7,10-11,17H,8-9,12-13H2. The Kier molecular flexibility index (Phi) is 7.11. The van der Waals surface area contributed by atoms with Gasteiger partial charge in [-0.1, -0.05) is 12.1 Å². The first kappa shape index (κ1) is 22.5. The molecular formula is C21H18F5NO4. The van der Waals surface area contributed by atoms with Gasteiger partial charge in [0.1, 0.15) is 24.3 Å². The summed E-state index contributed by atoms with van der Waals surface area (Å²) in [5.74, 6) is -2.40. The predicted molar refractivity (Wildman–Crippen MR) is 100 cm³/mol. The number of carbonyl (C=O) groups is 1. The third kappa shape index (κ3) is 6.95. The average molecular weight is 443 g/mol. The molecule has 1 amide bonds. The number of benzene rings is 2. The first-order chi connectivity index (χ1) is 14.7. The maximum atomic E-state index is 13.6. The number of amides is 1. The average Bonchev–Trinajstić information content (AvgIpc) is 2.72. The van der Waals surface area contributed by atoms with E-state index in [1.54, 1.807) is 0 Å². The molecule has 1 heterocycles. The molecule has 0 saturated carbocycles. The topological polar surface area (TPSA) is 48.0 Å². The number of hydrogen-bond acceptors (Lipinski definition) is 4. The van der Waals surface area contributed by atoms with E-state index in [0.717, 1.165) is 30.3 Å². The van der Waals surface area contributed by atoms with E-state index in [2.05, 4.69) is 4.74 Å². The van der Waals surface area contributed by atoms with Crippen molar-refractivity contribution < 1.29 is 41.0 Å². The van der Waals surface area contributed by atoms with Gasteiger partial charge in [-0.2, -0.15) is 0 Å². The Balaban J connectivity index is 1.56. The molecule has 1 unspecified atom stereocenters. The Morgan fingerprint density at radius 1 is 1.19 bits per heavy atom. The van der Waals surface area contributed by atoms with Gasteiger partial charge >= 0.3 is 6.36 Å². The summed E-state index contributed by atoms with van der Waals surface area (Å²) in [4.78, 5) is 13.9. The van der Waals surface area contributed by atoms with Crippen LogP contribution in [0.2, 0.25) is 0 Å². The van der Waals surface area contributed by atoms with Crippen LogP contribution in [0.15, 0.2) is 48.5 Å². The molecule has 10 heteroatoms. The lowest BCUT2D eigenvalue weighted by molar-refractivity contribution is -0.274. The molecule has 2 aromatic rings. The van der Waals surface area contributed by atoms with Crippen LogP contribution in [0.5, 0.6) is 11.5 Å². The van der Waals surface area contributed by atoms with Gasteiger partial charge in [0.25, 0.3) is 0 Å². The minimum atomic E-state index is -4.81. The number of halogens is 5. The highest BCUT2D eigenvalue weighted by molar-refractivity contribution is 5.91. The van der Waals surface area contributed by atoms with Gasteiger partial charge in [-0.3, -0.25) is 4.79 Å². The van der Waals surface area contributed by atoms with Crippen LogP contribution < -0.4 is 9.47 Å². The van der Waals surface area contributed by atoms with Gasteiger partial charge in [-0.25, -0.2) is 8.78 Å². The molecule has 0 spiro atoms. The normalized spacial score (nSPS) is 17.1.